The number of benzene rings is 1. The summed E-state index contributed by atoms with van der Waals surface area (Å²) in [7, 11) is 0. The Labute approximate surface area is 130 Å². The number of hydrogen-bond donors (Lipinski definition) is 1. The van der Waals surface area contributed by atoms with Crippen LogP contribution in [0, 0.1) is 13.8 Å². The van der Waals surface area contributed by atoms with E-state index in [1.807, 2.05) is 20.8 Å². The van der Waals surface area contributed by atoms with Gasteiger partial charge in [-0.1, -0.05) is 11.6 Å². The molecule has 0 amide bonds. The molecule has 0 atom stereocenters. The number of carbonyl (C=O) groups is 2. The molecule has 5 heteroatoms. The number of carboxylic acids is 1. The molecule has 0 unspecified atom stereocenters. The van der Waals surface area contributed by atoms with Gasteiger partial charge in [0, 0.05) is 17.9 Å². The molecule has 0 radical (unpaired) electrons. The van der Waals surface area contributed by atoms with Crippen molar-refractivity contribution < 1.29 is 19.4 Å². The third-order valence-corrected chi connectivity index (χ3v) is 3.66. The highest BCUT2D eigenvalue weighted by molar-refractivity contribution is 6.32. The van der Waals surface area contributed by atoms with Crippen LogP contribution in [0.5, 0.6) is 5.75 Å². The number of carbonyl (C=O) groups excluding carboxylic acids is 1. The zero-order valence-electron chi connectivity index (χ0n) is 12.8. The number of hydrogen-bond acceptors (Lipinski definition) is 3. The van der Waals surface area contributed by atoms with Crippen LogP contribution in [0.2, 0.25) is 5.02 Å². The molecular formula is C16H21ClO4. The lowest BCUT2D eigenvalue weighted by molar-refractivity contribution is -0.137. The van der Waals surface area contributed by atoms with Gasteiger partial charge in [0.25, 0.3) is 0 Å². The Hall–Kier alpha value is -1.55. The first-order chi connectivity index (χ1) is 9.73. The average Bonchev–Trinajstić information content (AvgIpc) is 2.35. The molecular weight excluding hydrogens is 292 g/mol. The number of Topliss-reactive ketones (excluding diaryl/α,β-unsaturated/α-hetero) is 1. The number of carboxylic acid groups (broad SMARTS) is 1. The van der Waals surface area contributed by atoms with Crippen LogP contribution in [-0.2, 0) is 4.79 Å². The standard InChI is InChI=1S/C16H21ClO4/c1-9(2)21-13-8-10(3)16(17)11(4)15(13)12(18)6-5-7-14(19)20/h8-9H,5-7H2,1-4H3,(H,19,20). The average molecular weight is 313 g/mol. The van der Waals surface area contributed by atoms with Crippen molar-refractivity contribution in [3.05, 3.63) is 27.8 Å². The zero-order chi connectivity index (χ0) is 16.2. The molecule has 0 spiro atoms. The number of aryl methyl sites for hydroxylation is 1. The van der Waals surface area contributed by atoms with E-state index in [-0.39, 0.29) is 24.7 Å². The van der Waals surface area contributed by atoms with Crippen molar-refractivity contribution in [2.75, 3.05) is 0 Å². The SMILES string of the molecule is Cc1cc(OC(C)C)c(C(=O)CCCC(=O)O)c(C)c1Cl. The molecule has 1 aromatic carbocycles. The molecule has 0 saturated heterocycles. The first kappa shape index (κ1) is 17.5. The largest absolute Gasteiger partial charge is 0.490 e. The summed E-state index contributed by atoms with van der Waals surface area (Å²) < 4.78 is 5.71. The van der Waals surface area contributed by atoms with E-state index in [2.05, 4.69) is 0 Å². The van der Waals surface area contributed by atoms with Crippen LogP contribution in [0.3, 0.4) is 0 Å². The second-order valence-corrected chi connectivity index (χ2v) is 5.72. The minimum atomic E-state index is -0.903. The molecule has 0 aliphatic heterocycles. The van der Waals surface area contributed by atoms with Crippen LogP contribution in [0.15, 0.2) is 6.07 Å². The fraction of sp³-hybridized carbons (Fsp3) is 0.500. The fourth-order valence-corrected chi connectivity index (χ4v) is 2.29. The lowest BCUT2D eigenvalue weighted by atomic mass is 9.97. The molecule has 4 nitrogen and oxygen atoms in total. The van der Waals surface area contributed by atoms with Gasteiger partial charge in [-0.15, -0.1) is 0 Å². The molecule has 0 aliphatic rings. The Morgan fingerprint density at radius 3 is 2.43 bits per heavy atom. The van der Waals surface area contributed by atoms with Crippen LogP contribution in [0.1, 0.15) is 54.6 Å². The Bertz CT molecular complexity index is 550. The molecule has 1 rings (SSSR count). The van der Waals surface area contributed by atoms with E-state index >= 15 is 0 Å². The number of ketones is 1. The van der Waals surface area contributed by atoms with Crippen molar-refractivity contribution in [1.82, 2.24) is 0 Å². The molecule has 0 aromatic heterocycles. The quantitative estimate of drug-likeness (QED) is 0.767. The van der Waals surface area contributed by atoms with Gasteiger partial charge >= 0.3 is 5.97 Å². The lowest BCUT2D eigenvalue weighted by Gasteiger charge is -2.18. The van der Waals surface area contributed by atoms with Crippen molar-refractivity contribution >= 4 is 23.4 Å². The van der Waals surface area contributed by atoms with E-state index < -0.39 is 5.97 Å². The molecule has 1 N–H and O–H groups in total. The van der Waals surface area contributed by atoms with E-state index in [9.17, 15) is 9.59 Å². The third kappa shape index (κ3) is 4.74. The molecule has 0 aliphatic carbocycles. The highest BCUT2D eigenvalue weighted by atomic mass is 35.5. The minimum Gasteiger partial charge on any atom is -0.490 e. The van der Waals surface area contributed by atoms with Gasteiger partial charge in [0.2, 0.25) is 0 Å². The van der Waals surface area contributed by atoms with Gasteiger partial charge < -0.3 is 9.84 Å². The zero-order valence-corrected chi connectivity index (χ0v) is 13.6. The maximum atomic E-state index is 12.4. The monoisotopic (exact) mass is 312 g/mol. The topological polar surface area (TPSA) is 63.6 Å². The van der Waals surface area contributed by atoms with Gasteiger partial charge in [-0.05, 0) is 51.3 Å². The van der Waals surface area contributed by atoms with E-state index in [0.717, 1.165) is 5.56 Å². The van der Waals surface area contributed by atoms with Crippen LogP contribution in [-0.4, -0.2) is 23.0 Å². The Kier molecular flexibility index (Phi) is 6.21. The molecule has 116 valence electrons. The summed E-state index contributed by atoms with van der Waals surface area (Å²) in [5.74, 6) is -0.517. The summed E-state index contributed by atoms with van der Waals surface area (Å²) in [6.45, 7) is 7.42. The molecule has 0 saturated carbocycles. The predicted molar refractivity (Wildman–Crippen MR) is 82.5 cm³/mol. The maximum absolute atomic E-state index is 12.4. The number of aliphatic carboxylic acids is 1. The second-order valence-electron chi connectivity index (χ2n) is 5.34. The van der Waals surface area contributed by atoms with Gasteiger partial charge in [0.1, 0.15) is 5.75 Å². The van der Waals surface area contributed by atoms with Gasteiger partial charge in [-0.2, -0.15) is 0 Å². The first-order valence-corrected chi connectivity index (χ1v) is 7.33. The summed E-state index contributed by atoms with van der Waals surface area (Å²) in [5.41, 5.74) is 2.00. The first-order valence-electron chi connectivity index (χ1n) is 6.95. The van der Waals surface area contributed by atoms with Crippen molar-refractivity contribution in [3.63, 3.8) is 0 Å². The summed E-state index contributed by atoms with van der Waals surface area (Å²) in [4.78, 5) is 22.9. The van der Waals surface area contributed by atoms with Gasteiger partial charge in [0.15, 0.2) is 5.78 Å². The van der Waals surface area contributed by atoms with Crippen LogP contribution < -0.4 is 4.74 Å². The Morgan fingerprint density at radius 2 is 1.90 bits per heavy atom. The third-order valence-electron chi connectivity index (χ3n) is 3.08. The van der Waals surface area contributed by atoms with E-state index in [1.165, 1.54) is 0 Å². The molecule has 1 aromatic rings. The molecule has 0 bridgehead atoms. The van der Waals surface area contributed by atoms with Crippen LogP contribution >= 0.6 is 11.6 Å². The maximum Gasteiger partial charge on any atom is 0.303 e. The van der Waals surface area contributed by atoms with Gasteiger partial charge in [0.05, 0.1) is 11.7 Å². The Morgan fingerprint density at radius 1 is 1.29 bits per heavy atom. The second kappa shape index (κ2) is 7.46. The molecule has 0 fully saturated rings. The van der Waals surface area contributed by atoms with Crippen molar-refractivity contribution in [3.8, 4) is 5.75 Å². The normalized spacial score (nSPS) is 10.8. The summed E-state index contributed by atoms with van der Waals surface area (Å²) in [6.07, 6.45) is 0.391. The van der Waals surface area contributed by atoms with E-state index in [4.69, 9.17) is 21.4 Å². The predicted octanol–water partition coefficient (Wildman–Crippen LogP) is 4.18. The van der Waals surface area contributed by atoms with E-state index in [1.54, 1.807) is 13.0 Å². The van der Waals surface area contributed by atoms with Crippen molar-refractivity contribution in [2.45, 2.75) is 53.1 Å². The highest BCUT2D eigenvalue weighted by Crippen LogP contribution is 2.33. The summed E-state index contributed by atoms with van der Waals surface area (Å²) in [5, 5.41) is 9.20. The van der Waals surface area contributed by atoms with Gasteiger partial charge in [-0.25, -0.2) is 0 Å². The minimum absolute atomic E-state index is 0.0231. The Balaban J connectivity index is 3.10. The summed E-state index contributed by atoms with van der Waals surface area (Å²) in [6, 6.07) is 1.76. The smallest absolute Gasteiger partial charge is 0.303 e. The number of halogens is 1. The number of rotatable bonds is 7. The highest BCUT2D eigenvalue weighted by Gasteiger charge is 2.20. The molecule has 0 heterocycles. The fourth-order valence-electron chi connectivity index (χ4n) is 2.14. The van der Waals surface area contributed by atoms with E-state index in [0.29, 0.717) is 28.3 Å². The van der Waals surface area contributed by atoms with Crippen LogP contribution in [0.25, 0.3) is 0 Å². The molecule has 21 heavy (non-hydrogen) atoms. The van der Waals surface area contributed by atoms with Crippen molar-refractivity contribution in [1.29, 1.82) is 0 Å². The van der Waals surface area contributed by atoms with Gasteiger partial charge in [-0.3, -0.25) is 9.59 Å². The van der Waals surface area contributed by atoms with Crippen LogP contribution in [0.4, 0.5) is 0 Å². The van der Waals surface area contributed by atoms with Crippen molar-refractivity contribution in [2.24, 2.45) is 0 Å². The number of ether oxygens (including phenoxy) is 1. The lowest BCUT2D eigenvalue weighted by Crippen LogP contribution is -2.12. The summed E-state index contributed by atoms with van der Waals surface area (Å²) >= 11 is 6.22.